The van der Waals surface area contributed by atoms with E-state index in [1.165, 1.54) is 4.90 Å². The van der Waals surface area contributed by atoms with E-state index in [2.05, 4.69) is 0 Å². The summed E-state index contributed by atoms with van der Waals surface area (Å²) in [4.78, 5) is 39.8. The van der Waals surface area contributed by atoms with Crippen LogP contribution < -0.4 is 0 Å². The largest absolute Gasteiger partial charge is 0.340 e. The topological polar surface area (TPSA) is 57.7 Å². The van der Waals surface area contributed by atoms with Crippen LogP contribution in [0.25, 0.3) is 0 Å². The Labute approximate surface area is 157 Å². The maximum absolute atomic E-state index is 12.6. The number of likely N-dealkylation sites (N-methyl/N-ethyl adjacent to an activating group) is 1. The summed E-state index contributed by atoms with van der Waals surface area (Å²) in [6, 6.07) is 5.14. The van der Waals surface area contributed by atoms with Crippen molar-refractivity contribution in [3.05, 3.63) is 33.8 Å². The molecular formula is C18H22Cl2N2O3. The molecule has 1 aliphatic heterocycles. The van der Waals surface area contributed by atoms with Gasteiger partial charge in [0.1, 0.15) is 6.54 Å². The molecule has 0 atom stereocenters. The molecule has 0 radical (unpaired) electrons. The lowest BCUT2D eigenvalue weighted by atomic mass is 9.81. The van der Waals surface area contributed by atoms with Crippen molar-refractivity contribution in [2.75, 3.05) is 13.6 Å². The van der Waals surface area contributed by atoms with Gasteiger partial charge in [-0.15, -0.1) is 0 Å². The van der Waals surface area contributed by atoms with E-state index in [1.54, 1.807) is 25.2 Å². The highest BCUT2D eigenvalue weighted by molar-refractivity contribution is 6.42. The fraction of sp³-hybridized carbons (Fsp3) is 0.500. The van der Waals surface area contributed by atoms with Gasteiger partial charge < -0.3 is 4.90 Å². The second-order valence-corrected chi connectivity index (χ2v) is 7.26. The fourth-order valence-corrected chi connectivity index (χ4v) is 3.40. The molecule has 1 aliphatic rings. The van der Waals surface area contributed by atoms with Gasteiger partial charge in [-0.05, 0) is 30.5 Å². The lowest BCUT2D eigenvalue weighted by molar-refractivity contribution is -0.147. The van der Waals surface area contributed by atoms with Gasteiger partial charge in [-0.3, -0.25) is 19.3 Å². The molecule has 7 heteroatoms. The van der Waals surface area contributed by atoms with E-state index in [4.69, 9.17) is 23.2 Å². The van der Waals surface area contributed by atoms with Crippen LogP contribution in [-0.2, 0) is 20.9 Å². The molecular weight excluding hydrogens is 363 g/mol. The van der Waals surface area contributed by atoms with Crippen LogP contribution in [0.3, 0.4) is 0 Å². The van der Waals surface area contributed by atoms with E-state index in [0.717, 1.165) is 10.5 Å². The van der Waals surface area contributed by atoms with Crippen LogP contribution in [0.15, 0.2) is 18.2 Å². The first-order valence-corrected chi connectivity index (χ1v) is 9.02. The van der Waals surface area contributed by atoms with Crippen molar-refractivity contribution in [3.8, 4) is 0 Å². The minimum absolute atomic E-state index is 0.183. The summed E-state index contributed by atoms with van der Waals surface area (Å²) in [5.74, 6) is -0.806. The second kappa shape index (κ2) is 7.75. The first-order chi connectivity index (χ1) is 11.7. The fourth-order valence-electron chi connectivity index (χ4n) is 3.08. The van der Waals surface area contributed by atoms with Crippen LogP contribution in [0.1, 0.15) is 38.7 Å². The van der Waals surface area contributed by atoms with Gasteiger partial charge in [-0.1, -0.05) is 43.1 Å². The zero-order valence-electron chi connectivity index (χ0n) is 14.6. The molecule has 1 heterocycles. The van der Waals surface area contributed by atoms with Crippen molar-refractivity contribution >= 4 is 40.9 Å². The van der Waals surface area contributed by atoms with Crippen molar-refractivity contribution in [1.82, 2.24) is 9.80 Å². The van der Waals surface area contributed by atoms with Crippen molar-refractivity contribution in [3.63, 3.8) is 0 Å². The maximum atomic E-state index is 12.6. The Morgan fingerprint density at radius 3 is 2.36 bits per heavy atom. The quantitative estimate of drug-likeness (QED) is 0.704. The smallest absolute Gasteiger partial charge is 0.242 e. The molecule has 1 aromatic rings. The molecule has 3 amide bonds. The molecule has 1 saturated heterocycles. The van der Waals surface area contributed by atoms with Gasteiger partial charge in [0.15, 0.2) is 0 Å². The number of rotatable bonds is 6. The van der Waals surface area contributed by atoms with Crippen LogP contribution in [0.4, 0.5) is 0 Å². The van der Waals surface area contributed by atoms with E-state index in [1.807, 2.05) is 13.8 Å². The lowest BCUT2D eigenvalue weighted by Crippen LogP contribution is -2.42. The number of hydrogen-bond donors (Lipinski definition) is 0. The molecule has 0 saturated carbocycles. The molecule has 0 spiro atoms. The Balaban J connectivity index is 2.04. The van der Waals surface area contributed by atoms with Gasteiger partial charge in [0.05, 0.1) is 15.5 Å². The van der Waals surface area contributed by atoms with Crippen LogP contribution in [0.2, 0.25) is 10.0 Å². The first kappa shape index (κ1) is 19.7. The molecule has 0 aromatic heterocycles. The molecule has 0 unspecified atom stereocenters. The van der Waals surface area contributed by atoms with Crippen LogP contribution in [-0.4, -0.2) is 41.1 Å². The summed E-state index contributed by atoms with van der Waals surface area (Å²) < 4.78 is 0. The van der Waals surface area contributed by atoms with E-state index in [0.29, 0.717) is 29.4 Å². The number of imide groups is 1. The highest BCUT2D eigenvalue weighted by Gasteiger charge is 2.49. The van der Waals surface area contributed by atoms with Gasteiger partial charge in [0, 0.05) is 20.0 Å². The molecule has 1 aromatic carbocycles. The first-order valence-electron chi connectivity index (χ1n) is 8.26. The van der Waals surface area contributed by atoms with E-state index < -0.39 is 5.41 Å². The van der Waals surface area contributed by atoms with Gasteiger partial charge in [-0.25, -0.2) is 0 Å². The standard InChI is InChI=1S/C18H22Cl2N2O3/c1-4-18(5-2)9-15(23)22(17(18)25)11-16(24)21(3)10-12-6-7-13(19)14(20)8-12/h6-8H,4-5,9-11H2,1-3H3. The zero-order valence-corrected chi connectivity index (χ0v) is 16.2. The predicted molar refractivity (Wildman–Crippen MR) is 97.3 cm³/mol. The summed E-state index contributed by atoms with van der Waals surface area (Å²) in [6.45, 7) is 3.89. The van der Waals surface area contributed by atoms with Crippen LogP contribution in [0, 0.1) is 5.41 Å². The number of halogens is 2. The average Bonchev–Trinajstić information content (AvgIpc) is 2.82. The van der Waals surface area contributed by atoms with Crippen LogP contribution in [0.5, 0.6) is 0 Å². The molecule has 0 bridgehead atoms. The van der Waals surface area contributed by atoms with E-state index in [-0.39, 0.29) is 30.7 Å². The minimum atomic E-state index is -0.653. The van der Waals surface area contributed by atoms with Gasteiger partial charge >= 0.3 is 0 Å². The second-order valence-electron chi connectivity index (χ2n) is 6.45. The summed E-state index contributed by atoms with van der Waals surface area (Å²) >= 11 is 11.9. The maximum Gasteiger partial charge on any atom is 0.242 e. The monoisotopic (exact) mass is 384 g/mol. The number of carbonyl (C=O) groups excluding carboxylic acids is 3. The predicted octanol–water partition coefficient (Wildman–Crippen LogP) is 3.52. The molecule has 0 N–H and O–H groups in total. The molecule has 25 heavy (non-hydrogen) atoms. The van der Waals surface area contributed by atoms with Crippen molar-refractivity contribution in [2.24, 2.45) is 5.41 Å². The van der Waals surface area contributed by atoms with Crippen molar-refractivity contribution in [1.29, 1.82) is 0 Å². The van der Waals surface area contributed by atoms with Crippen LogP contribution >= 0.6 is 23.2 Å². The van der Waals surface area contributed by atoms with E-state index >= 15 is 0 Å². The summed E-state index contributed by atoms with van der Waals surface area (Å²) in [5, 5.41) is 0.865. The molecule has 136 valence electrons. The molecule has 1 fully saturated rings. The third kappa shape index (κ3) is 3.98. The zero-order chi connectivity index (χ0) is 18.8. The SMILES string of the molecule is CCC1(CC)CC(=O)N(CC(=O)N(C)Cc2ccc(Cl)c(Cl)c2)C1=O. The van der Waals surface area contributed by atoms with Gasteiger partial charge in [0.2, 0.25) is 17.7 Å². The number of likely N-dealkylation sites (tertiary alicyclic amines) is 1. The highest BCUT2D eigenvalue weighted by atomic mass is 35.5. The average molecular weight is 385 g/mol. The molecule has 5 nitrogen and oxygen atoms in total. The summed E-state index contributed by atoms with van der Waals surface area (Å²) in [5.41, 5.74) is 0.167. The van der Waals surface area contributed by atoms with Crippen molar-refractivity contribution in [2.45, 2.75) is 39.7 Å². The minimum Gasteiger partial charge on any atom is -0.340 e. The highest BCUT2D eigenvalue weighted by Crippen LogP contribution is 2.39. The lowest BCUT2D eigenvalue weighted by Gasteiger charge is -2.25. The van der Waals surface area contributed by atoms with E-state index in [9.17, 15) is 14.4 Å². The number of amides is 3. The van der Waals surface area contributed by atoms with Crippen molar-refractivity contribution < 1.29 is 14.4 Å². The third-order valence-corrected chi connectivity index (χ3v) is 5.70. The number of benzene rings is 1. The molecule has 2 rings (SSSR count). The Hall–Kier alpha value is -1.59. The number of carbonyl (C=O) groups is 3. The molecule has 0 aliphatic carbocycles. The number of nitrogens with zero attached hydrogens (tertiary/aromatic N) is 2. The third-order valence-electron chi connectivity index (χ3n) is 4.97. The van der Waals surface area contributed by atoms with Gasteiger partial charge in [0.25, 0.3) is 0 Å². The normalized spacial score (nSPS) is 16.4. The Kier molecular flexibility index (Phi) is 6.12. The Morgan fingerprint density at radius 1 is 1.20 bits per heavy atom. The number of hydrogen-bond acceptors (Lipinski definition) is 3. The Bertz CT molecular complexity index is 702. The summed E-state index contributed by atoms with van der Waals surface area (Å²) in [7, 11) is 1.63. The summed E-state index contributed by atoms with van der Waals surface area (Å²) in [6.07, 6.45) is 1.37. The van der Waals surface area contributed by atoms with Gasteiger partial charge in [-0.2, -0.15) is 0 Å². The Morgan fingerprint density at radius 2 is 1.84 bits per heavy atom.